The number of halogens is 2. The van der Waals surface area contributed by atoms with E-state index in [-0.39, 0.29) is 11.4 Å². The highest BCUT2D eigenvalue weighted by Gasteiger charge is 2.47. The molecule has 1 atom stereocenters. The first-order valence-corrected chi connectivity index (χ1v) is 12.4. The van der Waals surface area contributed by atoms with Crippen LogP contribution in [0.2, 0.25) is 10.0 Å². The molecule has 174 valence electrons. The van der Waals surface area contributed by atoms with Crippen LogP contribution in [0.25, 0.3) is 0 Å². The molecule has 0 saturated carbocycles. The Morgan fingerprint density at radius 1 is 1.10 bits per heavy atom. The Bertz CT molecular complexity index is 728. The van der Waals surface area contributed by atoms with Crippen LogP contribution < -0.4 is 5.32 Å². The zero-order valence-corrected chi connectivity index (χ0v) is 20.8. The van der Waals surface area contributed by atoms with Crippen LogP contribution in [0, 0.1) is 0 Å². The predicted octanol–water partition coefficient (Wildman–Crippen LogP) is 4.10. The molecule has 3 rings (SSSR count). The summed E-state index contributed by atoms with van der Waals surface area (Å²) in [6, 6.07) is 5.98. The fraction of sp³-hybridized carbons (Fsp3) is 0.708. The first-order chi connectivity index (χ1) is 14.9. The Morgan fingerprint density at radius 3 is 2.35 bits per heavy atom. The van der Waals surface area contributed by atoms with Gasteiger partial charge in [0, 0.05) is 33.7 Å². The molecular weight excluding hydrogens is 431 g/mol. The maximum atomic E-state index is 13.3. The molecule has 0 bridgehead atoms. The minimum atomic E-state index is -0.311. The Morgan fingerprint density at radius 2 is 1.77 bits per heavy atom. The number of likely N-dealkylation sites (N-methyl/N-ethyl adjacent to an activating group) is 2. The molecule has 31 heavy (non-hydrogen) atoms. The summed E-state index contributed by atoms with van der Waals surface area (Å²) in [6.07, 6.45) is 6.61. The maximum Gasteiger partial charge on any atom is 0.242 e. The van der Waals surface area contributed by atoms with Crippen LogP contribution in [0.4, 0.5) is 0 Å². The number of carbonyl (C=O) groups is 1. The molecule has 2 saturated heterocycles. The van der Waals surface area contributed by atoms with Gasteiger partial charge in [0.05, 0.1) is 10.0 Å². The van der Waals surface area contributed by atoms with Gasteiger partial charge in [-0.25, -0.2) is 0 Å². The molecule has 7 heteroatoms. The molecule has 1 amide bonds. The van der Waals surface area contributed by atoms with E-state index in [1.54, 1.807) is 4.90 Å². The number of amides is 1. The summed E-state index contributed by atoms with van der Waals surface area (Å²) in [7, 11) is 5.80. The van der Waals surface area contributed by atoms with Crippen LogP contribution in [0.3, 0.4) is 0 Å². The van der Waals surface area contributed by atoms with E-state index in [9.17, 15) is 4.79 Å². The second-order valence-electron chi connectivity index (χ2n) is 9.34. The Hall–Kier alpha value is -0.850. The van der Waals surface area contributed by atoms with Gasteiger partial charge in [-0.3, -0.25) is 9.69 Å². The van der Waals surface area contributed by atoms with Gasteiger partial charge in [-0.15, -0.1) is 0 Å². The van der Waals surface area contributed by atoms with Crippen molar-refractivity contribution in [2.45, 2.75) is 50.0 Å². The van der Waals surface area contributed by atoms with Crippen molar-refractivity contribution < 1.29 is 4.79 Å². The van der Waals surface area contributed by atoms with E-state index < -0.39 is 0 Å². The van der Waals surface area contributed by atoms with Crippen molar-refractivity contribution in [3.8, 4) is 0 Å². The highest BCUT2D eigenvalue weighted by molar-refractivity contribution is 6.42. The molecule has 1 aromatic carbocycles. The molecule has 0 radical (unpaired) electrons. The second kappa shape index (κ2) is 11.3. The van der Waals surface area contributed by atoms with Gasteiger partial charge in [0.1, 0.15) is 5.54 Å². The van der Waals surface area contributed by atoms with Gasteiger partial charge in [-0.1, -0.05) is 35.7 Å². The second-order valence-corrected chi connectivity index (χ2v) is 10.2. The van der Waals surface area contributed by atoms with Gasteiger partial charge in [-0.05, 0) is 82.4 Å². The molecule has 0 spiro atoms. The molecule has 2 fully saturated rings. The van der Waals surface area contributed by atoms with E-state index in [2.05, 4.69) is 21.2 Å². The average molecular weight is 470 g/mol. The normalized spacial score (nSPS) is 21.1. The quantitative estimate of drug-likeness (QED) is 0.623. The van der Waals surface area contributed by atoms with E-state index in [0.717, 1.165) is 58.5 Å². The van der Waals surface area contributed by atoms with Crippen LogP contribution in [0.1, 0.15) is 50.0 Å². The van der Waals surface area contributed by atoms with Crippen LogP contribution in [-0.4, -0.2) is 86.6 Å². The van der Waals surface area contributed by atoms with E-state index in [4.69, 9.17) is 23.2 Å². The lowest BCUT2D eigenvalue weighted by Gasteiger charge is -2.50. The van der Waals surface area contributed by atoms with Crippen molar-refractivity contribution in [3.05, 3.63) is 33.8 Å². The number of carbonyl (C=O) groups excluding carboxylic acids is 1. The molecule has 0 aliphatic carbocycles. The molecule has 0 aromatic heterocycles. The van der Waals surface area contributed by atoms with Crippen molar-refractivity contribution in [2.24, 2.45) is 0 Å². The topological polar surface area (TPSA) is 38.8 Å². The summed E-state index contributed by atoms with van der Waals surface area (Å²) in [5.74, 6) is 0.676. The van der Waals surface area contributed by atoms with E-state index >= 15 is 0 Å². The zero-order chi connectivity index (χ0) is 22.4. The third-order valence-corrected chi connectivity index (χ3v) is 7.85. The average Bonchev–Trinajstić information content (AvgIpc) is 2.79. The summed E-state index contributed by atoms with van der Waals surface area (Å²) in [6.45, 7) is 6.00. The highest BCUT2D eigenvalue weighted by atomic mass is 35.5. The minimum Gasteiger partial charge on any atom is -0.347 e. The van der Waals surface area contributed by atoms with Crippen molar-refractivity contribution in [1.82, 2.24) is 20.0 Å². The van der Waals surface area contributed by atoms with Gasteiger partial charge in [0.25, 0.3) is 0 Å². The molecule has 2 aliphatic rings. The first-order valence-electron chi connectivity index (χ1n) is 11.7. The fourth-order valence-electron chi connectivity index (χ4n) is 5.29. The van der Waals surface area contributed by atoms with Crippen molar-refractivity contribution in [3.63, 3.8) is 0 Å². The number of rotatable bonds is 8. The van der Waals surface area contributed by atoms with Crippen LogP contribution >= 0.6 is 23.2 Å². The minimum absolute atomic E-state index is 0.290. The van der Waals surface area contributed by atoms with Gasteiger partial charge in [0.15, 0.2) is 0 Å². The lowest BCUT2D eigenvalue weighted by atomic mass is 9.82. The largest absolute Gasteiger partial charge is 0.347 e. The number of nitrogens with zero attached hydrogens (tertiary/aromatic N) is 3. The van der Waals surface area contributed by atoms with Crippen molar-refractivity contribution >= 4 is 29.1 Å². The maximum absolute atomic E-state index is 13.3. The molecule has 1 aromatic rings. The van der Waals surface area contributed by atoms with Gasteiger partial charge >= 0.3 is 0 Å². The van der Waals surface area contributed by atoms with Gasteiger partial charge in [-0.2, -0.15) is 0 Å². The fourth-order valence-corrected chi connectivity index (χ4v) is 5.59. The molecular formula is C24H38Cl2N4O. The zero-order valence-electron chi connectivity index (χ0n) is 19.3. The van der Waals surface area contributed by atoms with E-state index in [1.807, 2.05) is 33.3 Å². The standard InChI is InChI=1S/C24H38Cl2N4O/c1-27-18-20(19-7-8-21(25)22(26)17-19)9-14-29-15-10-24(11-16-29,23(31)28(2)3)30-12-5-4-6-13-30/h7-8,17,20,27H,4-6,9-16,18H2,1-3H3/t20-/m1/s1. The molecule has 2 aliphatic heterocycles. The van der Waals surface area contributed by atoms with E-state index in [1.165, 1.54) is 24.8 Å². The number of hydrogen-bond acceptors (Lipinski definition) is 4. The SMILES string of the molecule is CNC[C@@H](CCN1CCC(C(=O)N(C)C)(N2CCCCC2)CC1)c1ccc(Cl)c(Cl)c1. The highest BCUT2D eigenvalue weighted by Crippen LogP contribution is 2.34. The van der Waals surface area contributed by atoms with Crippen LogP contribution in [0.15, 0.2) is 18.2 Å². The van der Waals surface area contributed by atoms with Gasteiger partial charge < -0.3 is 15.1 Å². The Balaban J connectivity index is 1.62. The Kier molecular flexibility index (Phi) is 9.06. The lowest BCUT2D eigenvalue weighted by Crippen LogP contribution is -2.64. The van der Waals surface area contributed by atoms with E-state index in [0.29, 0.717) is 16.0 Å². The monoisotopic (exact) mass is 468 g/mol. The molecule has 2 heterocycles. The van der Waals surface area contributed by atoms with Crippen LogP contribution in [0.5, 0.6) is 0 Å². The van der Waals surface area contributed by atoms with Crippen molar-refractivity contribution in [1.29, 1.82) is 0 Å². The third-order valence-electron chi connectivity index (χ3n) is 7.11. The number of benzene rings is 1. The predicted molar refractivity (Wildman–Crippen MR) is 130 cm³/mol. The summed E-state index contributed by atoms with van der Waals surface area (Å²) >= 11 is 12.4. The molecule has 1 N–H and O–H groups in total. The lowest BCUT2D eigenvalue weighted by molar-refractivity contribution is -0.147. The molecule has 0 unspecified atom stereocenters. The van der Waals surface area contributed by atoms with Gasteiger partial charge in [0.2, 0.25) is 5.91 Å². The summed E-state index contributed by atoms with van der Waals surface area (Å²) < 4.78 is 0. The smallest absolute Gasteiger partial charge is 0.242 e. The first kappa shape index (κ1) is 24.8. The number of piperidine rings is 2. The number of likely N-dealkylation sites (tertiary alicyclic amines) is 2. The third kappa shape index (κ3) is 5.94. The number of hydrogen-bond donors (Lipinski definition) is 1. The Labute approximate surface area is 198 Å². The summed E-state index contributed by atoms with van der Waals surface area (Å²) in [5.41, 5.74) is 0.917. The number of nitrogens with one attached hydrogen (secondary N) is 1. The molecule has 5 nitrogen and oxygen atoms in total. The van der Waals surface area contributed by atoms with Crippen molar-refractivity contribution in [2.75, 3.05) is 60.4 Å². The summed E-state index contributed by atoms with van der Waals surface area (Å²) in [4.78, 5) is 20.1. The van der Waals surface area contributed by atoms with Crippen LogP contribution in [-0.2, 0) is 4.79 Å². The summed E-state index contributed by atoms with van der Waals surface area (Å²) in [5, 5.41) is 4.54.